The molecule has 0 amide bonds. The lowest BCUT2D eigenvalue weighted by Gasteiger charge is -2.10. The van der Waals surface area contributed by atoms with Gasteiger partial charge in [0, 0.05) is 6.54 Å². The zero-order valence-corrected chi connectivity index (χ0v) is 9.15. The summed E-state index contributed by atoms with van der Waals surface area (Å²) in [5.74, 6) is 1.27. The lowest BCUT2D eigenvalue weighted by Crippen LogP contribution is -2.32. The first-order valence-electron chi connectivity index (χ1n) is 5.34. The summed E-state index contributed by atoms with van der Waals surface area (Å²) >= 11 is 0. The third-order valence-corrected chi connectivity index (χ3v) is 4.42. The molecule has 0 aromatic heterocycles. The van der Waals surface area contributed by atoms with Crippen molar-refractivity contribution in [3.63, 3.8) is 0 Å². The molecule has 0 bridgehead atoms. The summed E-state index contributed by atoms with van der Waals surface area (Å²) in [6, 6.07) is 0. The van der Waals surface area contributed by atoms with Gasteiger partial charge in [-0.25, -0.2) is 13.1 Å². The molecule has 0 spiro atoms. The molecule has 2 N–H and O–H groups in total. The average Bonchev–Trinajstić information content (AvgIpc) is 2.78. The zero-order valence-electron chi connectivity index (χ0n) is 8.33. The van der Waals surface area contributed by atoms with E-state index in [0.29, 0.717) is 24.1 Å². The van der Waals surface area contributed by atoms with Gasteiger partial charge in [0.05, 0.1) is 5.75 Å². The van der Waals surface area contributed by atoms with Gasteiger partial charge in [-0.05, 0) is 44.2 Å². The second-order valence-corrected chi connectivity index (χ2v) is 6.28. The van der Waals surface area contributed by atoms with E-state index in [1.165, 1.54) is 0 Å². The van der Waals surface area contributed by atoms with E-state index < -0.39 is 10.0 Å². The van der Waals surface area contributed by atoms with Gasteiger partial charge in [0.25, 0.3) is 0 Å². The van der Waals surface area contributed by atoms with E-state index in [1.54, 1.807) is 0 Å². The smallest absolute Gasteiger partial charge is 0.211 e. The minimum Gasteiger partial charge on any atom is -0.316 e. The maximum Gasteiger partial charge on any atom is 0.211 e. The van der Waals surface area contributed by atoms with Crippen LogP contribution in [0.3, 0.4) is 0 Å². The van der Waals surface area contributed by atoms with Gasteiger partial charge in [-0.1, -0.05) is 0 Å². The van der Waals surface area contributed by atoms with E-state index in [1.807, 2.05) is 0 Å². The second-order valence-electron chi connectivity index (χ2n) is 4.43. The largest absolute Gasteiger partial charge is 0.316 e. The molecule has 4 nitrogen and oxygen atoms in total. The molecule has 1 saturated heterocycles. The summed E-state index contributed by atoms with van der Waals surface area (Å²) in [6.07, 6.45) is 3.27. The van der Waals surface area contributed by atoms with Crippen LogP contribution in [0.4, 0.5) is 0 Å². The number of nitrogens with one attached hydrogen (secondary N) is 2. The Morgan fingerprint density at radius 2 is 2.00 bits per heavy atom. The summed E-state index contributed by atoms with van der Waals surface area (Å²) in [5, 5.41) is 3.23. The monoisotopic (exact) mass is 218 g/mol. The van der Waals surface area contributed by atoms with E-state index in [2.05, 4.69) is 10.0 Å². The van der Waals surface area contributed by atoms with Crippen molar-refractivity contribution in [1.29, 1.82) is 0 Å². The van der Waals surface area contributed by atoms with Gasteiger partial charge >= 0.3 is 0 Å². The minimum absolute atomic E-state index is 0.340. The highest BCUT2D eigenvalue weighted by molar-refractivity contribution is 7.89. The van der Waals surface area contributed by atoms with Crippen LogP contribution in [0.25, 0.3) is 0 Å². The molecule has 0 radical (unpaired) electrons. The van der Waals surface area contributed by atoms with Crippen molar-refractivity contribution < 1.29 is 8.42 Å². The molecule has 1 atom stereocenters. The van der Waals surface area contributed by atoms with Crippen molar-refractivity contribution in [3.8, 4) is 0 Å². The lowest BCUT2D eigenvalue weighted by molar-refractivity contribution is 0.537. The van der Waals surface area contributed by atoms with Crippen LogP contribution in [-0.2, 0) is 10.0 Å². The van der Waals surface area contributed by atoms with Crippen molar-refractivity contribution in [2.24, 2.45) is 11.8 Å². The maximum atomic E-state index is 11.5. The summed E-state index contributed by atoms with van der Waals surface area (Å²) < 4.78 is 25.7. The third-order valence-electron chi connectivity index (χ3n) is 2.91. The molecule has 1 saturated carbocycles. The Kier molecular flexibility index (Phi) is 3.09. The molecule has 82 valence electrons. The van der Waals surface area contributed by atoms with Crippen LogP contribution in [0.15, 0.2) is 0 Å². The van der Waals surface area contributed by atoms with Crippen molar-refractivity contribution in [2.75, 3.05) is 25.4 Å². The number of sulfonamides is 1. The molecule has 1 aliphatic carbocycles. The van der Waals surface area contributed by atoms with Crippen molar-refractivity contribution in [3.05, 3.63) is 0 Å². The summed E-state index contributed by atoms with van der Waals surface area (Å²) in [5.41, 5.74) is 0. The van der Waals surface area contributed by atoms with Gasteiger partial charge in [-0.2, -0.15) is 0 Å². The Bertz CT molecular complexity index is 279. The molecule has 1 heterocycles. The van der Waals surface area contributed by atoms with Gasteiger partial charge in [-0.3, -0.25) is 0 Å². The highest BCUT2D eigenvalue weighted by Crippen LogP contribution is 2.29. The number of rotatable bonds is 5. The Balaban J connectivity index is 1.71. The highest BCUT2D eigenvalue weighted by atomic mass is 32.2. The molecule has 1 unspecified atom stereocenters. The first-order chi connectivity index (χ1) is 6.66. The molecule has 14 heavy (non-hydrogen) atoms. The molecule has 1 aliphatic heterocycles. The summed E-state index contributed by atoms with van der Waals surface area (Å²) in [6.45, 7) is 2.59. The van der Waals surface area contributed by atoms with E-state index in [4.69, 9.17) is 0 Å². The minimum atomic E-state index is -2.98. The fourth-order valence-corrected chi connectivity index (χ4v) is 3.35. The van der Waals surface area contributed by atoms with Gasteiger partial charge in [-0.15, -0.1) is 0 Å². The van der Waals surface area contributed by atoms with Crippen LogP contribution in [0.2, 0.25) is 0 Å². The molecule has 5 heteroatoms. The van der Waals surface area contributed by atoms with Crippen LogP contribution in [0, 0.1) is 11.8 Å². The van der Waals surface area contributed by atoms with Gasteiger partial charge in [0.1, 0.15) is 0 Å². The fraction of sp³-hybridized carbons (Fsp3) is 1.00. The van der Waals surface area contributed by atoms with E-state index in [0.717, 1.165) is 32.4 Å². The van der Waals surface area contributed by atoms with E-state index in [-0.39, 0.29) is 0 Å². The number of hydrogen-bond acceptors (Lipinski definition) is 3. The maximum absolute atomic E-state index is 11.5. The number of hydrogen-bond donors (Lipinski definition) is 2. The Morgan fingerprint density at radius 3 is 2.57 bits per heavy atom. The second kappa shape index (κ2) is 4.16. The van der Waals surface area contributed by atoms with E-state index >= 15 is 0 Å². The van der Waals surface area contributed by atoms with Crippen LogP contribution in [-0.4, -0.2) is 33.8 Å². The fourth-order valence-electron chi connectivity index (χ4n) is 1.79. The normalized spacial score (nSPS) is 28.1. The molecule has 2 aliphatic rings. The predicted molar refractivity (Wildman–Crippen MR) is 55.5 cm³/mol. The zero-order chi connectivity index (χ0) is 10.0. The van der Waals surface area contributed by atoms with Crippen LogP contribution in [0.5, 0.6) is 0 Å². The Morgan fingerprint density at radius 1 is 1.21 bits per heavy atom. The topological polar surface area (TPSA) is 58.2 Å². The van der Waals surface area contributed by atoms with Gasteiger partial charge in [0.2, 0.25) is 10.0 Å². The molecule has 2 rings (SSSR count). The molecule has 2 fully saturated rings. The molecular formula is C9H18N2O2S. The van der Waals surface area contributed by atoms with Crippen LogP contribution >= 0.6 is 0 Å². The summed E-state index contributed by atoms with van der Waals surface area (Å²) in [7, 11) is -2.98. The third kappa shape index (κ3) is 3.22. The quantitative estimate of drug-likeness (QED) is 0.679. The van der Waals surface area contributed by atoms with Gasteiger partial charge in [0.15, 0.2) is 0 Å². The SMILES string of the molecule is O=S(=O)(CC1CC1)NCC1CCNC1. The van der Waals surface area contributed by atoms with Crippen molar-refractivity contribution >= 4 is 10.0 Å². The van der Waals surface area contributed by atoms with Gasteiger partial charge < -0.3 is 5.32 Å². The van der Waals surface area contributed by atoms with Crippen LogP contribution < -0.4 is 10.0 Å². The molecule has 0 aromatic carbocycles. The highest BCUT2D eigenvalue weighted by Gasteiger charge is 2.28. The standard InChI is InChI=1S/C9H18N2O2S/c12-14(13,7-8-1-2-8)11-6-9-3-4-10-5-9/h8-11H,1-7H2. The lowest BCUT2D eigenvalue weighted by atomic mass is 10.1. The first-order valence-corrected chi connectivity index (χ1v) is 6.99. The summed E-state index contributed by atoms with van der Waals surface area (Å²) in [4.78, 5) is 0. The Hall–Kier alpha value is -0.130. The van der Waals surface area contributed by atoms with Crippen molar-refractivity contribution in [1.82, 2.24) is 10.0 Å². The molecule has 0 aromatic rings. The first kappa shape index (κ1) is 10.4. The van der Waals surface area contributed by atoms with E-state index in [9.17, 15) is 8.42 Å². The molecular weight excluding hydrogens is 200 g/mol. The van der Waals surface area contributed by atoms with Crippen LogP contribution in [0.1, 0.15) is 19.3 Å². The van der Waals surface area contributed by atoms with Crippen molar-refractivity contribution in [2.45, 2.75) is 19.3 Å². The Labute approximate surface area is 85.5 Å². The average molecular weight is 218 g/mol. The predicted octanol–water partition coefficient (Wildman–Crippen LogP) is -0.0747.